The van der Waals surface area contributed by atoms with Crippen LogP contribution in [0, 0.1) is 13.8 Å². The molecule has 1 amide bonds. The molecule has 4 heterocycles. The van der Waals surface area contributed by atoms with Crippen molar-refractivity contribution in [2.75, 3.05) is 31.1 Å². The van der Waals surface area contributed by atoms with Gasteiger partial charge in [-0.1, -0.05) is 23.7 Å². The summed E-state index contributed by atoms with van der Waals surface area (Å²) < 4.78 is 1.91. The number of hydrogen-bond donors (Lipinski definition) is 0. The standard InChI is InChI=1S/C24H25ClN6O/c1-16-19(17(2)31-24(27-16)20-5-3-4-6-21(20)28-31)8-10-23(32)30-13-11-29(12-14-30)22-9-7-18(25)15-26-22/h3-7,9,15H,8,10-14H2,1-2H3. The van der Waals surface area contributed by atoms with Gasteiger partial charge in [0.05, 0.1) is 10.5 Å². The van der Waals surface area contributed by atoms with Crippen molar-refractivity contribution in [3.05, 3.63) is 64.6 Å². The van der Waals surface area contributed by atoms with Crippen molar-refractivity contribution in [1.29, 1.82) is 0 Å². The van der Waals surface area contributed by atoms with Crippen LogP contribution in [0.3, 0.4) is 0 Å². The van der Waals surface area contributed by atoms with Gasteiger partial charge in [0.15, 0.2) is 5.65 Å². The van der Waals surface area contributed by atoms with Crippen LogP contribution in [0.25, 0.3) is 16.6 Å². The van der Waals surface area contributed by atoms with Crippen LogP contribution in [0.2, 0.25) is 5.02 Å². The molecule has 7 nitrogen and oxygen atoms in total. The van der Waals surface area contributed by atoms with E-state index in [1.165, 1.54) is 0 Å². The highest BCUT2D eigenvalue weighted by atomic mass is 35.5. The van der Waals surface area contributed by atoms with Gasteiger partial charge in [-0.2, -0.15) is 5.10 Å². The van der Waals surface area contributed by atoms with E-state index in [9.17, 15) is 4.79 Å². The Morgan fingerprint density at radius 1 is 1.06 bits per heavy atom. The number of halogens is 1. The molecule has 0 radical (unpaired) electrons. The summed E-state index contributed by atoms with van der Waals surface area (Å²) in [5.74, 6) is 1.08. The van der Waals surface area contributed by atoms with E-state index >= 15 is 0 Å². The van der Waals surface area contributed by atoms with E-state index in [4.69, 9.17) is 21.7 Å². The first-order chi connectivity index (χ1) is 15.5. The molecule has 0 N–H and O–H groups in total. The number of aromatic nitrogens is 4. The van der Waals surface area contributed by atoms with Gasteiger partial charge in [0.1, 0.15) is 5.82 Å². The zero-order chi connectivity index (χ0) is 22.2. The Kier molecular flexibility index (Phi) is 5.43. The SMILES string of the molecule is Cc1nc2c3ccccc3nn2c(C)c1CCC(=O)N1CCN(c2ccc(Cl)cn2)CC1. The zero-order valence-corrected chi connectivity index (χ0v) is 19.0. The zero-order valence-electron chi connectivity index (χ0n) is 18.3. The van der Waals surface area contributed by atoms with Gasteiger partial charge in [0.25, 0.3) is 0 Å². The van der Waals surface area contributed by atoms with Crippen LogP contribution in [-0.4, -0.2) is 56.6 Å². The van der Waals surface area contributed by atoms with Gasteiger partial charge in [-0.05, 0) is 50.1 Å². The molecule has 3 aromatic heterocycles. The van der Waals surface area contributed by atoms with E-state index in [0.717, 1.165) is 52.4 Å². The third kappa shape index (κ3) is 3.77. The van der Waals surface area contributed by atoms with Crippen molar-refractivity contribution in [3.63, 3.8) is 0 Å². The number of nitrogens with zero attached hydrogens (tertiary/aromatic N) is 6. The molecule has 1 fully saturated rings. The molecule has 1 aromatic carbocycles. The minimum atomic E-state index is 0.179. The fourth-order valence-electron chi connectivity index (χ4n) is 4.47. The number of pyridine rings is 1. The Bertz CT molecular complexity index is 1290. The minimum absolute atomic E-state index is 0.179. The first-order valence-corrected chi connectivity index (χ1v) is 11.3. The molecule has 1 aliphatic rings. The molecule has 5 rings (SSSR count). The van der Waals surface area contributed by atoms with Crippen molar-refractivity contribution < 1.29 is 4.79 Å². The number of anilines is 1. The average molecular weight is 449 g/mol. The van der Waals surface area contributed by atoms with Crippen LogP contribution in [0.15, 0.2) is 42.6 Å². The maximum Gasteiger partial charge on any atom is 0.223 e. The molecule has 0 unspecified atom stereocenters. The van der Waals surface area contributed by atoms with E-state index in [-0.39, 0.29) is 5.91 Å². The lowest BCUT2D eigenvalue weighted by Gasteiger charge is -2.35. The summed E-state index contributed by atoms with van der Waals surface area (Å²) in [4.78, 5) is 26.3. The Balaban J connectivity index is 1.26. The first-order valence-electron chi connectivity index (χ1n) is 10.9. The lowest BCUT2D eigenvalue weighted by atomic mass is 10.1. The van der Waals surface area contributed by atoms with Crippen molar-refractivity contribution in [2.24, 2.45) is 0 Å². The Morgan fingerprint density at radius 3 is 2.59 bits per heavy atom. The molecule has 0 spiro atoms. The van der Waals surface area contributed by atoms with Crippen LogP contribution in [-0.2, 0) is 11.2 Å². The second-order valence-electron chi connectivity index (χ2n) is 8.22. The highest BCUT2D eigenvalue weighted by Crippen LogP contribution is 2.23. The molecule has 1 aliphatic heterocycles. The summed E-state index contributed by atoms with van der Waals surface area (Å²) in [6.07, 6.45) is 2.79. The Labute approximate surface area is 191 Å². The van der Waals surface area contributed by atoms with Gasteiger partial charge < -0.3 is 9.80 Å². The number of fused-ring (bicyclic) bond motifs is 3. The molecule has 0 aliphatic carbocycles. The van der Waals surface area contributed by atoms with Crippen LogP contribution in [0.5, 0.6) is 0 Å². The second-order valence-corrected chi connectivity index (χ2v) is 8.65. The van der Waals surface area contributed by atoms with E-state index < -0.39 is 0 Å². The second kappa shape index (κ2) is 8.39. The topological polar surface area (TPSA) is 66.6 Å². The minimum Gasteiger partial charge on any atom is -0.353 e. The summed E-state index contributed by atoms with van der Waals surface area (Å²) >= 11 is 5.93. The molecular formula is C24H25ClN6O. The van der Waals surface area contributed by atoms with Crippen LogP contribution in [0.1, 0.15) is 23.4 Å². The van der Waals surface area contributed by atoms with Crippen molar-refractivity contribution in [3.8, 4) is 0 Å². The third-order valence-electron chi connectivity index (χ3n) is 6.28. The average Bonchev–Trinajstić information content (AvgIpc) is 3.18. The highest BCUT2D eigenvalue weighted by Gasteiger charge is 2.22. The summed E-state index contributed by atoms with van der Waals surface area (Å²) in [7, 11) is 0. The first kappa shape index (κ1) is 20.7. The van der Waals surface area contributed by atoms with Crippen molar-refractivity contribution >= 4 is 39.9 Å². The molecule has 4 aromatic rings. The fraction of sp³-hybridized carbons (Fsp3) is 0.333. The van der Waals surface area contributed by atoms with Crippen molar-refractivity contribution in [2.45, 2.75) is 26.7 Å². The van der Waals surface area contributed by atoms with Crippen molar-refractivity contribution in [1.82, 2.24) is 24.5 Å². The smallest absolute Gasteiger partial charge is 0.223 e. The Hall–Kier alpha value is -3.19. The fourth-order valence-corrected chi connectivity index (χ4v) is 4.58. The van der Waals surface area contributed by atoms with Gasteiger partial charge in [0, 0.05) is 55.6 Å². The van der Waals surface area contributed by atoms with E-state index in [1.54, 1.807) is 6.20 Å². The van der Waals surface area contributed by atoms with Gasteiger partial charge in [-0.15, -0.1) is 0 Å². The van der Waals surface area contributed by atoms with E-state index in [2.05, 4.69) is 16.8 Å². The molecule has 32 heavy (non-hydrogen) atoms. The summed E-state index contributed by atoms with van der Waals surface area (Å²) in [5.41, 5.74) is 4.92. The number of amides is 1. The predicted molar refractivity (Wildman–Crippen MR) is 126 cm³/mol. The van der Waals surface area contributed by atoms with Crippen LogP contribution >= 0.6 is 11.6 Å². The summed E-state index contributed by atoms with van der Waals surface area (Å²) in [6, 6.07) is 11.8. The summed E-state index contributed by atoms with van der Waals surface area (Å²) in [5, 5.41) is 6.39. The number of hydrogen-bond acceptors (Lipinski definition) is 5. The summed E-state index contributed by atoms with van der Waals surface area (Å²) in [6.45, 7) is 7.02. The number of rotatable bonds is 4. The maximum absolute atomic E-state index is 12.9. The third-order valence-corrected chi connectivity index (χ3v) is 6.50. The maximum atomic E-state index is 12.9. The van der Waals surface area contributed by atoms with Gasteiger partial charge in [-0.3, -0.25) is 4.79 Å². The van der Waals surface area contributed by atoms with Gasteiger partial charge in [-0.25, -0.2) is 14.5 Å². The largest absolute Gasteiger partial charge is 0.353 e. The van der Waals surface area contributed by atoms with Crippen LogP contribution in [0.4, 0.5) is 5.82 Å². The quantitative estimate of drug-likeness (QED) is 0.474. The molecular weight excluding hydrogens is 424 g/mol. The van der Waals surface area contributed by atoms with Crippen LogP contribution < -0.4 is 4.90 Å². The molecule has 164 valence electrons. The molecule has 1 saturated heterocycles. The highest BCUT2D eigenvalue weighted by molar-refractivity contribution is 6.30. The van der Waals surface area contributed by atoms with Gasteiger partial charge >= 0.3 is 0 Å². The molecule has 0 saturated carbocycles. The monoisotopic (exact) mass is 448 g/mol. The molecule has 0 bridgehead atoms. The number of carbonyl (C=O) groups is 1. The molecule has 8 heteroatoms. The number of aryl methyl sites for hydroxylation is 2. The Morgan fingerprint density at radius 2 is 1.84 bits per heavy atom. The lowest BCUT2D eigenvalue weighted by Crippen LogP contribution is -2.49. The van der Waals surface area contributed by atoms with E-state index in [1.807, 2.05) is 52.7 Å². The normalized spacial score (nSPS) is 14.5. The number of benzene rings is 1. The van der Waals surface area contributed by atoms with Gasteiger partial charge in [0.2, 0.25) is 5.91 Å². The predicted octanol–water partition coefficient (Wildman–Crippen LogP) is 3.83. The van der Waals surface area contributed by atoms with E-state index in [0.29, 0.717) is 31.0 Å². The number of piperazine rings is 1. The molecule has 0 atom stereocenters. The number of carbonyl (C=O) groups excluding carboxylic acids is 1. The lowest BCUT2D eigenvalue weighted by molar-refractivity contribution is -0.131.